The Labute approximate surface area is 111 Å². The smallest absolute Gasteiger partial charge is 0.134 e. The molecule has 0 saturated heterocycles. The Kier molecular flexibility index (Phi) is 2.91. The van der Waals surface area contributed by atoms with Crippen molar-refractivity contribution in [1.82, 2.24) is 0 Å². The van der Waals surface area contributed by atoms with Crippen molar-refractivity contribution in [2.45, 2.75) is 6.54 Å². The Morgan fingerprint density at radius 2 is 1.84 bits per heavy atom. The van der Waals surface area contributed by atoms with Crippen LogP contribution in [0, 0.1) is 11.3 Å². The third-order valence-corrected chi connectivity index (χ3v) is 2.98. The van der Waals surface area contributed by atoms with E-state index in [0.29, 0.717) is 12.1 Å². The number of hydrogen-bond acceptors (Lipinski definition) is 3. The summed E-state index contributed by atoms with van der Waals surface area (Å²) in [6, 6.07) is 19.5. The number of furan rings is 1. The van der Waals surface area contributed by atoms with Crippen molar-refractivity contribution in [3.63, 3.8) is 0 Å². The maximum absolute atomic E-state index is 9.02. The van der Waals surface area contributed by atoms with Gasteiger partial charge in [-0.05, 0) is 24.3 Å². The molecule has 3 aromatic rings. The Morgan fingerprint density at radius 1 is 1.05 bits per heavy atom. The van der Waals surface area contributed by atoms with Crippen LogP contribution in [0.1, 0.15) is 11.3 Å². The molecule has 0 radical (unpaired) electrons. The van der Waals surface area contributed by atoms with Gasteiger partial charge in [0.2, 0.25) is 0 Å². The monoisotopic (exact) mass is 248 g/mol. The van der Waals surface area contributed by atoms with E-state index in [1.807, 2.05) is 48.5 Å². The largest absolute Gasteiger partial charge is 0.459 e. The van der Waals surface area contributed by atoms with E-state index >= 15 is 0 Å². The van der Waals surface area contributed by atoms with Gasteiger partial charge in [-0.3, -0.25) is 0 Å². The maximum Gasteiger partial charge on any atom is 0.134 e. The molecular weight excluding hydrogens is 236 g/mol. The summed E-state index contributed by atoms with van der Waals surface area (Å²) in [5, 5.41) is 13.3. The molecule has 1 N–H and O–H groups in total. The summed E-state index contributed by atoms with van der Waals surface area (Å²) in [5.74, 6) is 0.856. The molecule has 0 aliphatic rings. The molecule has 1 aromatic heterocycles. The molecule has 92 valence electrons. The SMILES string of the molecule is N#Cc1ccccc1NCc1cc2ccccc2o1. The predicted molar refractivity (Wildman–Crippen MR) is 74.7 cm³/mol. The summed E-state index contributed by atoms with van der Waals surface area (Å²) in [4.78, 5) is 0. The fraction of sp³-hybridized carbons (Fsp3) is 0.0625. The van der Waals surface area contributed by atoms with Crippen LogP contribution in [0.5, 0.6) is 0 Å². The highest BCUT2D eigenvalue weighted by Crippen LogP contribution is 2.20. The van der Waals surface area contributed by atoms with Crippen LogP contribution in [-0.2, 0) is 6.54 Å². The van der Waals surface area contributed by atoms with Gasteiger partial charge in [0.1, 0.15) is 17.4 Å². The van der Waals surface area contributed by atoms with Gasteiger partial charge in [0.05, 0.1) is 17.8 Å². The van der Waals surface area contributed by atoms with Crippen LogP contribution in [0.25, 0.3) is 11.0 Å². The molecule has 19 heavy (non-hydrogen) atoms. The molecule has 3 nitrogen and oxygen atoms in total. The zero-order valence-corrected chi connectivity index (χ0v) is 10.3. The number of anilines is 1. The number of nitriles is 1. The lowest BCUT2D eigenvalue weighted by molar-refractivity contribution is 0.559. The van der Waals surface area contributed by atoms with Crippen molar-refractivity contribution in [2.75, 3.05) is 5.32 Å². The molecule has 0 atom stereocenters. The number of fused-ring (bicyclic) bond motifs is 1. The van der Waals surface area contributed by atoms with Crippen molar-refractivity contribution >= 4 is 16.7 Å². The third kappa shape index (κ3) is 2.29. The molecule has 0 fully saturated rings. The molecule has 0 unspecified atom stereocenters. The van der Waals surface area contributed by atoms with Gasteiger partial charge in [-0.15, -0.1) is 0 Å². The first kappa shape index (κ1) is 11.4. The van der Waals surface area contributed by atoms with Crippen molar-refractivity contribution < 1.29 is 4.42 Å². The summed E-state index contributed by atoms with van der Waals surface area (Å²) < 4.78 is 5.72. The highest BCUT2D eigenvalue weighted by Gasteiger charge is 2.04. The summed E-state index contributed by atoms with van der Waals surface area (Å²) in [6.45, 7) is 0.563. The lowest BCUT2D eigenvalue weighted by atomic mass is 10.2. The van der Waals surface area contributed by atoms with E-state index in [2.05, 4.69) is 11.4 Å². The van der Waals surface area contributed by atoms with E-state index in [1.54, 1.807) is 6.07 Å². The summed E-state index contributed by atoms with van der Waals surface area (Å²) in [7, 11) is 0. The second-order valence-electron chi connectivity index (χ2n) is 4.26. The minimum absolute atomic E-state index is 0.563. The highest BCUT2D eigenvalue weighted by atomic mass is 16.3. The van der Waals surface area contributed by atoms with Gasteiger partial charge < -0.3 is 9.73 Å². The van der Waals surface area contributed by atoms with Gasteiger partial charge in [-0.1, -0.05) is 30.3 Å². The molecule has 0 bridgehead atoms. The summed E-state index contributed by atoms with van der Waals surface area (Å²) >= 11 is 0. The minimum Gasteiger partial charge on any atom is -0.459 e. The zero-order chi connectivity index (χ0) is 13.1. The highest BCUT2D eigenvalue weighted by molar-refractivity contribution is 5.77. The van der Waals surface area contributed by atoms with Crippen molar-refractivity contribution in [3.05, 3.63) is 65.9 Å². The van der Waals surface area contributed by atoms with Crippen LogP contribution >= 0.6 is 0 Å². The molecule has 2 aromatic carbocycles. The lowest BCUT2D eigenvalue weighted by Gasteiger charge is -2.05. The average Bonchev–Trinajstić information content (AvgIpc) is 2.88. The van der Waals surface area contributed by atoms with Crippen LogP contribution in [-0.4, -0.2) is 0 Å². The average molecular weight is 248 g/mol. The second-order valence-corrected chi connectivity index (χ2v) is 4.26. The van der Waals surface area contributed by atoms with E-state index in [0.717, 1.165) is 22.4 Å². The Hall–Kier alpha value is -2.73. The normalized spacial score (nSPS) is 10.3. The first-order chi connectivity index (χ1) is 9.36. The van der Waals surface area contributed by atoms with Crippen LogP contribution in [0.15, 0.2) is 59.0 Å². The second kappa shape index (κ2) is 4.87. The van der Waals surface area contributed by atoms with E-state index < -0.39 is 0 Å². The van der Waals surface area contributed by atoms with Crippen molar-refractivity contribution in [2.24, 2.45) is 0 Å². The topological polar surface area (TPSA) is 49.0 Å². The molecule has 0 saturated carbocycles. The molecule has 3 heteroatoms. The lowest BCUT2D eigenvalue weighted by Crippen LogP contribution is -1.99. The molecular formula is C16H12N2O. The van der Waals surface area contributed by atoms with Crippen molar-refractivity contribution in [1.29, 1.82) is 5.26 Å². The number of nitrogens with zero attached hydrogens (tertiary/aromatic N) is 1. The number of nitrogens with one attached hydrogen (secondary N) is 1. The van der Waals surface area contributed by atoms with Gasteiger partial charge in [-0.25, -0.2) is 0 Å². The van der Waals surface area contributed by atoms with Crippen LogP contribution < -0.4 is 5.32 Å². The van der Waals surface area contributed by atoms with Crippen molar-refractivity contribution in [3.8, 4) is 6.07 Å². The van der Waals surface area contributed by atoms with E-state index in [4.69, 9.17) is 9.68 Å². The van der Waals surface area contributed by atoms with Crippen LogP contribution in [0.4, 0.5) is 5.69 Å². The quantitative estimate of drug-likeness (QED) is 0.764. The fourth-order valence-corrected chi connectivity index (χ4v) is 2.04. The van der Waals surface area contributed by atoms with Gasteiger partial charge in [0, 0.05) is 5.39 Å². The van der Waals surface area contributed by atoms with E-state index in [9.17, 15) is 0 Å². The molecule has 1 heterocycles. The van der Waals surface area contributed by atoms with Crippen LogP contribution in [0.2, 0.25) is 0 Å². The van der Waals surface area contributed by atoms with E-state index in [1.165, 1.54) is 0 Å². The van der Waals surface area contributed by atoms with Gasteiger partial charge in [0.15, 0.2) is 0 Å². The molecule has 0 spiro atoms. The Morgan fingerprint density at radius 3 is 2.68 bits per heavy atom. The summed E-state index contributed by atoms with van der Waals surface area (Å²) in [6.07, 6.45) is 0. The summed E-state index contributed by atoms with van der Waals surface area (Å²) in [5.41, 5.74) is 2.34. The molecule has 0 aliphatic heterocycles. The first-order valence-electron chi connectivity index (χ1n) is 6.07. The minimum atomic E-state index is 0.563. The number of benzene rings is 2. The Bertz CT molecular complexity index is 720. The fourth-order valence-electron chi connectivity index (χ4n) is 2.04. The molecule has 0 aliphatic carbocycles. The zero-order valence-electron chi connectivity index (χ0n) is 10.3. The van der Waals surface area contributed by atoms with Gasteiger partial charge >= 0.3 is 0 Å². The molecule has 3 rings (SSSR count). The maximum atomic E-state index is 9.02. The van der Waals surface area contributed by atoms with Crippen LogP contribution in [0.3, 0.4) is 0 Å². The third-order valence-electron chi connectivity index (χ3n) is 2.98. The number of para-hydroxylation sites is 2. The molecule has 0 amide bonds. The van der Waals surface area contributed by atoms with Gasteiger partial charge in [-0.2, -0.15) is 5.26 Å². The first-order valence-corrected chi connectivity index (χ1v) is 6.07. The predicted octanol–water partition coefficient (Wildman–Crippen LogP) is 3.92. The number of rotatable bonds is 3. The Balaban J connectivity index is 1.81. The van der Waals surface area contributed by atoms with E-state index in [-0.39, 0.29) is 0 Å². The van der Waals surface area contributed by atoms with Gasteiger partial charge in [0.25, 0.3) is 0 Å². The number of hydrogen-bond donors (Lipinski definition) is 1. The standard InChI is InChI=1S/C16H12N2O/c17-10-13-6-1-3-7-15(13)18-11-14-9-12-5-2-4-8-16(12)19-14/h1-9,18H,11H2.